The van der Waals surface area contributed by atoms with E-state index in [1.165, 1.54) is 7.11 Å². The number of amides is 1. The van der Waals surface area contributed by atoms with Crippen LogP contribution in [0.3, 0.4) is 0 Å². The maximum Gasteiger partial charge on any atom is 0.253 e. The topological polar surface area (TPSA) is 71.5 Å². The number of rotatable bonds is 6. The zero-order chi connectivity index (χ0) is 16.1. The standard InChI is InChI=1S/C17H22N2O3/c1-11-4-5-16-13(8-11)9-15(12(2)19-16)17(21)18-7-6-14(20)10-22-3/h4-5,8-9,14,20H,6-7,10H2,1-3H3,(H,18,21). The van der Waals surface area contributed by atoms with Gasteiger partial charge in [-0.3, -0.25) is 9.78 Å². The molecular weight excluding hydrogens is 280 g/mol. The molecule has 5 nitrogen and oxygen atoms in total. The van der Waals surface area contributed by atoms with E-state index in [4.69, 9.17) is 4.74 Å². The summed E-state index contributed by atoms with van der Waals surface area (Å²) in [5.74, 6) is -0.168. The van der Waals surface area contributed by atoms with Gasteiger partial charge in [0.05, 0.1) is 29.5 Å². The van der Waals surface area contributed by atoms with Gasteiger partial charge in [0.25, 0.3) is 5.91 Å². The predicted octanol–water partition coefficient (Wildman–Crippen LogP) is 1.98. The highest BCUT2D eigenvalue weighted by Gasteiger charge is 2.12. The Morgan fingerprint density at radius 2 is 2.14 bits per heavy atom. The van der Waals surface area contributed by atoms with E-state index < -0.39 is 6.10 Å². The highest BCUT2D eigenvalue weighted by Crippen LogP contribution is 2.18. The fraction of sp³-hybridized carbons (Fsp3) is 0.412. The average Bonchev–Trinajstić information content (AvgIpc) is 2.47. The monoisotopic (exact) mass is 302 g/mol. The Bertz CT molecular complexity index is 670. The molecule has 1 heterocycles. The minimum atomic E-state index is -0.566. The quantitative estimate of drug-likeness (QED) is 0.856. The van der Waals surface area contributed by atoms with Crippen molar-refractivity contribution in [3.05, 3.63) is 41.1 Å². The van der Waals surface area contributed by atoms with E-state index in [1.54, 1.807) is 0 Å². The number of pyridine rings is 1. The number of nitrogens with one attached hydrogen (secondary N) is 1. The van der Waals surface area contributed by atoms with Gasteiger partial charge in [-0.1, -0.05) is 11.6 Å². The SMILES string of the molecule is COCC(O)CCNC(=O)c1cc2cc(C)ccc2nc1C. The summed E-state index contributed by atoms with van der Waals surface area (Å²) in [6.07, 6.45) is -0.109. The van der Waals surface area contributed by atoms with Crippen LogP contribution in [0.1, 0.15) is 28.0 Å². The van der Waals surface area contributed by atoms with Crippen molar-refractivity contribution < 1.29 is 14.6 Å². The van der Waals surface area contributed by atoms with E-state index in [2.05, 4.69) is 10.3 Å². The van der Waals surface area contributed by atoms with Gasteiger partial charge in [-0.15, -0.1) is 0 Å². The first-order valence-electron chi connectivity index (χ1n) is 7.34. The summed E-state index contributed by atoms with van der Waals surface area (Å²) in [5, 5.41) is 13.3. The van der Waals surface area contributed by atoms with E-state index >= 15 is 0 Å². The lowest BCUT2D eigenvalue weighted by Gasteiger charge is -2.11. The van der Waals surface area contributed by atoms with Gasteiger partial charge >= 0.3 is 0 Å². The molecule has 0 fully saturated rings. The van der Waals surface area contributed by atoms with E-state index in [1.807, 2.05) is 38.1 Å². The van der Waals surface area contributed by atoms with Gasteiger partial charge in [0, 0.05) is 19.0 Å². The molecule has 0 spiro atoms. The maximum absolute atomic E-state index is 12.3. The summed E-state index contributed by atoms with van der Waals surface area (Å²) >= 11 is 0. The molecular formula is C17H22N2O3. The van der Waals surface area contributed by atoms with Gasteiger partial charge in [0.2, 0.25) is 0 Å². The lowest BCUT2D eigenvalue weighted by Crippen LogP contribution is -2.29. The molecule has 2 aromatic rings. The van der Waals surface area contributed by atoms with Gasteiger partial charge in [-0.2, -0.15) is 0 Å². The van der Waals surface area contributed by atoms with E-state index in [0.717, 1.165) is 16.5 Å². The summed E-state index contributed by atoms with van der Waals surface area (Å²) in [6.45, 7) is 4.50. The van der Waals surface area contributed by atoms with Crippen LogP contribution in [-0.4, -0.2) is 42.4 Å². The van der Waals surface area contributed by atoms with Crippen molar-refractivity contribution in [3.63, 3.8) is 0 Å². The molecule has 22 heavy (non-hydrogen) atoms. The molecule has 1 aromatic heterocycles. The Morgan fingerprint density at radius 1 is 1.36 bits per heavy atom. The average molecular weight is 302 g/mol. The Labute approximate surface area is 130 Å². The molecule has 5 heteroatoms. The molecule has 0 bridgehead atoms. The second kappa shape index (κ2) is 7.33. The van der Waals surface area contributed by atoms with Crippen LogP contribution in [0, 0.1) is 13.8 Å². The Kier molecular flexibility index (Phi) is 5.46. The molecule has 0 aliphatic carbocycles. The number of carbonyl (C=O) groups excluding carboxylic acids is 1. The summed E-state index contributed by atoms with van der Waals surface area (Å²) in [7, 11) is 1.54. The number of hydrogen-bond donors (Lipinski definition) is 2. The van der Waals surface area contributed by atoms with E-state index in [9.17, 15) is 9.90 Å². The van der Waals surface area contributed by atoms with Crippen LogP contribution in [0.5, 0.6) is 0 Å². The molecule has 1 aromatic carbocycles. The second-order valence-corrected chi connectivity index (χ2v) is 5.47. The minimum Gasteiger partial charge on any atom is -0.391 e. The third-order valence-corrected chi connectivity index (χ3v) is 3.53. The number of aromatic nitrogens is 1. The first-order valence-corrected chi connectivity index (χ1v) is 7.34. The molecule has 118 valence electrons. The molecule has 0 aliphatic heterocycles. The predicted molar refractivity (Wildman–Crippen MR) is 86.1 cm³/mol. The van der Waals surface area contributed by atoms with Crippen molar-refractivity contribution in [1.29, 1.82) is 0 Å². The number of benzene rings is 1. The first-order chi connectivity index (χ1) is 10.5. The molecule has 0 radical (unpaired) electrons. The highest BCUT2D eigenvalue weighted by atomic mass is 16.5. The zero-order valence-electron chi connectivity index (χ0n) is 13.2. The summed E-state index contributed by atoms with van der Waals surface area (Å²) in [6, 6.07) is 7.85. The third-order valence-electron chi connectivity index (χ3n) is 3.53. The van der Waals surface area contributed by atoms with Crippen molar-refractivity contribution in [2.24, 2.45) is 0 Å². The smallest absolute Gasteiger partial charge is 0.253 e. The van der Waals surface area contributed by atoms with E-state index in [-0.39, 0.29) is 12.5 Å². The van der Waals surface area contributed by atoms with Crippen molar-refractivity contribution in [2.45, 2.75) is 26.4 Å². The van der Waals surface area contributed by atoms with Crippen LogP contribution < -0.4 is 5.32 Å². The van der Waals surface area contributed by atoms with Gasteiger partial charge < -0.3 is 15.2 Å². The Hall–Kier alpha value is -1.98. The molecule has 1 unspecified atom stereocenters. The number of nitrogens with zero attached hydrogens (tertiary/aromatic N) is 1. The number of hydrogen-bond acceptors (Lipinski definition) is 4. The number of aliphatic hydroxyl groups excluding tert-OH is 1. The second-order valence-electron chi connectivity index (χ2n) is 5.47. The van der Waals surface area contributed by atoms with Crippen LogP contribution in [0.4, 0.5) is 0 Å². The van der Waals surface area contributed by atoms with Crippen LogP contribution >= 0.6 is 0 Å². The van der Waals surface area contributed by atoms with Crippen molar-refractivity contribution in [2.75, 3.05) is 20.3 Å². The lowest BCUT2D eigenvalue weighted by molar-refractivity contribution is 0.0587. The fourth-order valence-electron chi connectivity index (χ4n) is 2.35. The van der Waals surface area contributed by atoms with Crippen molar-refractivity contribution in [3.8, 4) is 0 Å². The molecule has 0 saturated heterocycles. The number of aliphatic hydroxyl groups is 1. The van der Waals surface area contributed by atoms with Crippen molar-refractivity contribution >= 4 is 16.8 Å². The van der Waals surface area contributed by atoms with Crippen LogP contribution in [0.2, 0.25) is 0 Å². The highest BCUT2D eigenvalue weighted by molar-refractivity contribution is 5.98. The van der Waals surface area contributed by atoms with Crippen molar-refractivity contribution in [1.82, 2.24) is 10.3 Å². The largest absolute Gasteiger partial charge is 0.391 e. The van der Waals surface area contributed by atoms with Crippen LogP contribution in [-0.2, 0) is 4.74 Å². The first kappa shape index (κ1) is 16.4. The molecule has 1 atom stereocenters. The number of aryl methyl sites for hydroxylation is 2. The van der Waals surface area contributed by atoms with Gasteiger partial charge in [0.1, 0.15) is 0 Å². The summed E-state index contributed by atoms with van der Waals surface area (Å²) < 4.78 is 4.85. The number of carbonyl (C=O) groups is 1. The van der Waals surface area contributed by atoms with Crippen LogP contribution in [0.25, 0.3) is 10.9 Å². The van der Waals surface area contributed by atoms with Crippen LogP contribution in [0.15, 0.2) is 24.3 Å². The normalized spacial score (nSPS) is 12.4. The molecule has 2 N–H and O–H groups in total. The summed E-state index contributed by atoms with van der Waals surface area (Å²) in [5.41, 5.74) is 3.29. The summed E-state index contributed by atoms with van der Waals surface area (Å²) in [4.78, 5) is 16.7. The molecule has 2 rings (SSSR count). The van der Waals surface area contributed by atoms with E-state index in [0.29, 0.717) is 24.2 Å². The number of methoxy groups -OCH3 is 1. The van der Waals surface area contributed by atoms with Gasteiger partial charge in [-0.05, 0) is 38.5 Å². The fourth-order valence-corrected chi connectivity index (χ4v) is 2.35. The lowest BCUT2D eigenvalue weighted by atomic mass is 10.1. The molecule has 0 saturated carbocycles. The number of ether oxygens (including phenoxy) is 1. The Balaban J connectivity index is 2.09. The molecule has 0 aliphatic rings. The van der Waals surface area contributed by atoms with Gasteiger partial charge in [-0.25, -0.2) is 0 Å². The number of fused-ring (bicyclic) bond motifs is 1. The zero-order valence-corrected chi connectivity index (χ0v) is 13.2. The van der Waals surface area contributed by atoms with Gasteiger partial charge in [0.15, 0.2) is 0 Å². The Morgan fingerprint density at radius 3 is 2.86 bits per heavy atom. The third kappa shape index (κ3) is 4.02. The maximum atomic E-state index is 12.3. The molecule has 1 amide bonds. The minimum absolute atomic E-state index is 0.168.